The van der Waals surface area contributed by atoms with Crippen LogP contribution in [0.5, 0.6) is 0 Å². The Morgan fingerprint density at radius 1 is 1.12 bits per heavy atom. The lowest BCUT2D eigenvalue weighted by atomic mass is 10.1. The van der Waals surface area contributed by atoms with Crippen LogP contribution in [0.1, 0.15) is 18.6 Å². The largest absolute Gasteiger partial charge is 0.468 e. The van der Waals surface area contributed by atoms with Crippen LogP contribution in [0.3, 0.4) is 0 Å². The molecule has 0 fully saturated rings. The molecule has 0 aliphatic carbocycles. The van der Waals surface area contributed by atoms with Crippen LogP contribution in [0.25, 0.3) is 0 Å². The second-order valence-corrected chi connectivity index (χ2v) is 6.08. The summed E-state index contributed by atoms with van der Waals surface area (Å²) in [7, 11) is 2.43. The van der Waals surface area contributed by atoms with Gasteiger partial charge in [-0.1, -0.05) is 30.3 Å². The maximum absolute atomic E-state index is 12.0. The number of nitrogens with one attached hydrogen (secondary N) is 1. The highest BCUT2D eigenvalue weighted by Crippen LogP contribution is 2.28. The fourth-order valence-corrected chi connectivity index (χ4v) is 3.18. The van der Waals surface area contributed by atoms with E-state index < -0.39 is 35.2 Å². The summed E-state index contributed by atoms with van der Waals surface area (Å²) in [5, 5.41) is 12.0. The number of rotatable bonds is 8. The van der Waals surface area contributed by atoms with Gasteiger partial charge in [-0.25, -0.2) is 4.79 Å². The van der Waals surface area contributed by atoms with Gasteiger partial charge in [0.2, 0.25) is 5.91 Å². The van der Waals surface area contributed by atoms with Crippen LogP contribution in [-0.4, -0.2) is 54.2 Å². The van der Waals surface area contributed by atoms with Crippen LogP contribution in [-0.2, 0) is 23.9 Å². The van der Waals surface area contributed by atoms with E-state index in [2.05, 4.69) is 10.1 Å². The maximum atomic E-state index is 12.0. The predicted octanol–water partition coefficient (Wildman–Crippen LogP) is 0.672. The summed E-state index contributed by atoms with van der Waals surface area (Å²) in [6.45, 7) is 1.28. The highest BCUT2D eigenvalue weighted by molar-refractivity contribution is 8.00. The number of amides is 1. The molecule has 3 atom stereocenters. The second kappa shape index (κ2) is 9.94. The minimum atomic E-state index is -1.11. The van der Waals surface area contributed by atoms with Crippen molar-refractivity contribution in [3.05, 3.63) is 35.9 Å². The number of ether oxygens (including phenoxy) is 2. The molecule has 2 N–H and O–H groups in total. The molecule has 132 valence electrons. The smallest absolute Gasteiger partial charge is 0.329 e. The van der Waals surface area contributed by atoms with Gasteiger partial charge in [0, 0.05) is 12.7 Å². The van der Waals surface area contributed by atoms with E-state index in [4.69, 9.17) is 4.74 Å². The van der Waals surface area contributed by atoms with Crippen molar-refractivity contribution in [3.8, 4) is 0 Å². The van der Waals surface area contributed by atoms with Gasteiger partial charge in [-0.2, -0.15) is 0 Å². The molecular weight excluding hydrogens is 334 g/mol. The average molecular weight is 355 g/mol. The van der Waals surface area contributed by atoms with Crippen molar-refractivity contribution in [1.29, 1.82) is 0 Å². The third-order valence-corrected chi connectivity index (χ3v) is 4.50. The number of carbonyl (C=O) groups is 3. The van der Waals surface area contributed by atoms with Gasteiger partial charge in [0.25, 0.3) is 0 Å². The Balaban J connectivity index is 2.87. The number of methoxy groups -OCH3 is 2. The molecule has 2 unspecified atom stereocenters. The monoisotopic (exact) mass is 355 g/mol. The van der Waals surface area contributed by atoms with Crippen molar-refractivity contribution in [3.63, 3.8) is 0 Å². The lowest BCUT2D eigenvalue weighted by molar-refractivity contribution is -0.144. The van der Waals surface area contributed by atoms with Crippen LogP contribution in [0, 0.1) is 0 Å². The molecule has 0 radical (unpaired) electrons. The summed E-state index contributed by atoms with van der Waals surface area (Å²) >= 11 is 1.01. The number of carbonyl (C=O) groups excluding carboxylic acids is 3. The molecule has 0 bridgehead atoms. The maximum Gasteiger partial charge on any atom is 0.329 e. The highest BCUT2D eigenvalue weighted by Gasteiger charge is 2.32. The Kier molecular flexibility index (Phi) is 8.28. The number of aliphatic hydroxyl groups is 1. The van der Waals surface area contributed by atoms with E-state index in [1.54, 1.807) is 30.3 Å². The summed E-state index contributed by atoms with van der Waals surface area (Å²) in [5.41, 5.74) is 0.551. The molecule has 0 heterocycles. The van der Waals surface area contributed by atoms with Crippen LogP contribution < -0.4 is 5.32 Å². The van der Waals surface area contributed by atoms with Gasteiger partial charge >= 0.3 is 11.9 Å². The highest BCUT2D eigenvalue weighted by atomic mass is 32.2. The van der Waals surface area contributed by atoms with Crippen molar-refractivity contribution in [2.75, 3.05) is 20.0 Å². The topological polar surface area (TPSA) is 102 Å². The number of thioether (sulfide) groups is 1. The minimum absolute atomic E-state index is 0.0515. The molecule has 0 aromatic heterocycles. The van der Waals surface area contributed by atoms with E-state index in [0.717, 1.165) is 11.8 Å². The molecule has 8 heteroatoms. The van der Waals surface area contributed by atoms with Crippen LogP contribution in [0.4, 0.5) is 0 Å². The standard InChI is InChI=1S/C16H21NO6S/c1-10(18)17-12(15(20)22-2)9-24-14(16(21)23-3)13(19)11-7-5-4-6-8-11/h4-8,12-14,19H,9H2,1-3H3,(H,17,18)/t12-,13?,14?/m0/s1. The zero-order chi connectivity index (χ0) is 18.1. The van der Waals surface area contributed by atoms with Gasteiger partial charge in [0.1, 0.15) is 17.4 Å². The molecular formula is C16H21NO6S. The van der Waals surface area contributed by atoms with Crippen molar-refractivity contribution >= 4 is 29.6 Å². The molecule has 1 amide bonds. The Morgan fingerprint density at radius 3 is 2.21 bits per heavy atom. The summed E-state index contributed by atoms with van der Waals surface area (Å²) in [6, 6.07) is 7.73. The molecule has 24 heavy (non-hydrogen) atoms. The van der Waals surface area contributed by atoms with E-state index >= 15 is 0 Å². The van der Waals surface area contributed by atoms with Gasteiger partial charge in [-0.05, 0) is 5.56 Å². The van der Waals surface area contributed by atoms with Crippen molar-refractivity contribution in [2.24, 2.45) is 0 Å². The van der Waals surface area contributed by atoms with Gasteiger partial charge < -0.3 is 19.9 Å². The van der Waals surface area contributed by atoms with Gasteiger partial charge in [0.05, 0.1) is 14.2 Å². The average Bonchev–Trinajstić information content (AvgIpc) is 2.59. The number of hydrogen-bond donors (Lipinski definition) is 2. The van der Waals surface area contributed by atoms with Crippen LogP contribution in [0.2, 0.25) is 0 Å². The van der Waals surface area contributed by atoms with Crippen LogP contribution in [0.15, 0.2) is 30.3 Å². The predicted molar refractivity (Wildman–Crippen MR) is 89.3 cm³/mol. The molecule has 0 saturated carbocycles. The SMILES string of the molecule is COC(=O)C(SC[C@H](NC(C)=O)C(=O)OC)C(O)c1ccccc1. The first kappa shape index (κ1) is 20.0. The Bertz CT molecular complexity index is 565. The van der Waals surface area contributed by atoms with Crippen molar-refractivity contribution in [1.82, 2.24) is 5.32 Å². The summed E-state index contributed by atoms with van der Waals surface area (Å²) in [5.74, 6) is -1.60. The number of aliphatic hydroxyl groups excluding tert-OH is 1. The molecule has 1 aromatic rings. The molecule has 1 aromatic carbocycles. The molecule has 1 rings (SSSR count). The van der Waals surface area contributed by atoms with Crippen LogP contribution >= 0.6 is 11.8 Å². The number of hydrogen-bond acceptors (Lipinski definition) is 7. The van der Waals surface area contributed by atoms with E-state index in [9.17, 15) is 19.5 Å². The third kappa shape index (κ3) is 5.86. The van der Waals surface area contributed by atoms with E-state index in [-0.39, 0.29) is 5.75 Å². The summed E-state index contributed by atoms with van der Waals surface area (Å²) in [4.78, 5) is 34.9. The number of benzene rings is 1. The first-order chi connectivity index (χ1) is 11.4. The molecule has 7 nitrogen and oxygen atoms in total. The molecule has 0 spiro atoms. The fourth-order valence-electron chi connectivity index (χ4n) is 1.99. The molecule has 0 aliphatic rings. The Labute approximate surface area is 144 Å². The Morgan fingerprint density at radius 2 is 1.71 bits per heavy atom. The lowest BCUT2D eigenvalue weighted by Crippen LogP contribution is -2.43. The normalized spacial score (nSPS) is 14.2. The van der Waals surface area contributed by atoms with E-state index in [1.165, 1.54) is 21.1 Å². The first-order valence-electron chi connectivity index (χ1n) is 7.18. The van der Waals surface area contributed by atoms with E-state index in [0.29, 0.717) is 5.56 Å². The van der Waals surface area contributed by atoms with Gasteiger partial charge in [-0.15, -0.1) is 11.8 Å². The van der Waals surface area contributed by atoms with Crippen molar-refractivity contribution < 1.29 is 29.0 Å². The quantitative estimate of drug-likeness (QED) is 0.661. The Hall–Kier alpha value is -2.06. The fraction of sp³-hybridized carbons (Fsp3) is 0.438. The lowest BCUT2D eigenvalue weighted by Gasteiger charge is -2.23. The summed E-state index contributed by atoms with van der Waals surface area (Å²) in [6.07, 6.45) is -1.11. The van der Waals surface area contributed by atoms with Crippen molar-refractivity contribution in [2.45, 2.75) is 24.3 Å². The molecule has 0 saturated heterocycles. The molecule has 0 aliphatic heterocycles. The zero-order valence-corrected chi connectivity index (χ0v) is 14.5. The third-order valence-electron chi connectivity index (χ3n) is 3.17. The van der Waals surface area contributed by atoms with E-state index in [1.807, 2.05) is 0 Å². The minimum Gasteiger partial charge on any atom is -0.468 e. The zero-order valence-electron chi connectivity index (χ0n) is 13.7. The van der Waals surface area contributed by atoms with Gasteiger partial charge in [-0.3, -0.25) is 9.59 Å². The second-order valence-electron chi connectivity index (χ2n) is 4.91. The number of esters is 2. The van der Waals surface area contributed by atoms with Gasteiger partial charge in [0.15, 0.2) is 0 Å². The summed E-state index contributed by atoms with van der Waals surface area (Å²) < 4.78 is 9.36. The first-order valence-corrected chi connectivity index (χ1v) is 8.23.